The number of aryl methyl sites for hydroxylation is 1. The van der Waals surface area contributed by atoms with E-state index in [1.807, 2.05) is 24.0 Å². The van der Waals surface area contributed by atoms with E-state index in [4.69, 9.17) is 0 Å². The van der Waals surface area contributed by atoms with Gasteiger partial charge in [0, 0.05) is 15.5 Å². The van der Waals surface area contributed by atoms with Crippen molar-refractivity contribution in [1.82, 2.24) is 5.32 Å². The summed E-state index contributed by atoms with van der Waals surface area (Å²) in [7, 11) is 0. The molecule has 1 fully saturated rings. The van der Waals surface area contributed by atoms with Gasteiger partial charge in [0.15, 0.2) is 0 Å². The first-order chi connectivity index (χ1) is 9.04. The molecule has 1 unspecified atom stereocenters. The Bertz CT molecular complexity index is 467. The summed E-state index contributed by atoms with van der Waals surface area (Å²) < 4.78 is 1.92. The fourth-order valence-electron chi connectivity index (χ4n) is 2.36. The summed E-state index contributed by atoms with van der Waals surface area (Å²) in [6, 6.07) is 4.04. The summed E-state index contributed by atoms with van der Waals surface area (Å²) in [4.78, 5) is 14.3. The summed E-state index contributed by atoms with van der Waals surface area (Å²) in [5.74, 6) is 0.165. The number of benzene rings is 1. The van der Waals surface area contributed by atoms with Crippen LogP contribution in [-0.4, -0.2) is 25.0 Å². The highest BCUT2D eigenvalue weighted by atomic mass is 79.9. The Labute approximate surface area is 131 Å². The monoisotopic (exact) mass is 388 g/mol. The van der Waals surface area contributed by atoms with Crippen molar-refractivity contribution in [3.8, 4) is 0 Å². The van der Waals surface area contributed by atoms with Crippen LogP contribution in [0.4, 0.5) is 5.69 Å². The molecule has 0 aromatic heterocycles. The van der Waals surface area contributed by atoms with Gasteiger partial charge in [-0.05, 0) is 75.9 Å². The molecule has 1 aliphatic heterocycles. The average molecular weight is 390 g/mol. The van der Waals surface area contributed by atoms with Crippen molar-refractivity contribution in [2.75, 3.05) is 18.0 Å². The lowest BCUT2D eigenvalue weighted by molar-refractivity contribution is -0.118. The largest absolute Gasteiger partial charge is 0.309 e. The number of nitrogens with zero attached hydrogens (tertiary/aromatic N) is 1. The zero-order valence-corrected chi connectivity index (χ0v) is 14.3. The fourth-order valence-corrected chi connectivity index (χ4v) is 4.20. The van der Waals surface area contributed by atoms with Gasteiger partial charge >= 0.3 is 0 Å². The van der Waals surface area contributed by atoms with Crippen molar-refractivity contribution < 1.29 is 4.79 Å². The second kappa shape index (κ2) is 6.37. The quantitative estimate of drug-likeness (QED) is 0.852. The van der Waals surface area contributed by atoms with E-state index in [0.29, 0.717) is 0 Å². The first-order valence-corrected chi connectivity index (χ1v) is 8.13. The van der Waals surface area contributed by atoms with E-state index in [1.54, 1.807) is 0 Å². The molecular formula is C14H18Br2N2O. The van der Waals surface area contributed by atoms with E-state index in [0.717, 1.165) is 46.1 Å². The highest BCUT2D eigenvalue weighted by Crippen LogP contribution is 2.37. The Morgan fingerprint density at radius 2 is 2.00 bits per heavy atom. The SMILES string of the molecule is CCCNC1CCN(c2c(Br)cc(C)cc2Br)C1=O. The maximum Gasteiger partial charge on any atom is 0.244 e. The topological polar surface area (TPSA) is 32.3 Å². The van der Waals surface area contributed by atoms with Crippen LogP contribution in [0, 0.1) is 6.92 Å². The van der Waals surface area contributed by atoms with E-state index in [1.165, 1.54) is 0 Å². The fraction of sp³-hybridized carbons (Fsp3) is 0.500. The molecule has 0 spiro atoms. The lowest BCUT2D eigenvalue weighted by Gasteiger charge is -2.21. The van der Waals surface area contributed by atoms with E-state index >= 15 is 0 Å². The molecule has 19 heavy (non-hydrogen) atoms. The van der Waals surface area contributed by atoms with Crippen LogP contribution in [0.25, 0.3) is 0 Å². The maximum atomic E-state index is 12.4. The van der Waals surface area contributed by atoms with Crippen LogP contribution in [0.3, 0.4) is 0 Å². The third-order valence-corrected chi connectivity index (χ3v) is 4.49. The van der Waals surface area contributed by atoms with Crippen molar-refractivity contribution in [2.24, 2.45) is 0 Å². The van der Waals surface area contributed by atoms with E-state index < -0.39 is 0 Å². The van der Waals surface area contributed by atoms with Crippen molar-refractivity contribution in [3.63, 3.8) is 0 Å². The lowest BCUT2D eigenvalue weighted by Crippen LogP contribution is -2.38. The molecule has 0 bridgehead atoms. The number of carbonyl (C=O) groups excluding carboxylic acids is 1. The average Bonchev–Trinajstić information content (AvgIpc) is 2.68. The molecule has 1 aliphatic rings. The highest BCUT2D eigenvalue weighted by Gasteiger charge is 2.33. The van der Waals surface area contributed by atoms with Gasteiger partial charge in [0.2, 0.25) is 5.91 Å². The van der Waals surface area contributed by atoms with Gasteiger partial charge in [-0.3, -0.25) is 4.79 Å². The molecule has 1 N–H and O–H groups in total. The molecule has 2 rings (SSSR count). The van der Waals surface area contributed by atoms with Crippen LogP contribution < -0.4 is 10.2 Å². The van der Waals surface area contributed by atoms with Gasteiger partial charge in [-0.1, -0.05) is 6.92 Å². The number of amides is 1. The minimum absolute atomic E-state index is 0.0416. The van der Waals surface area contributed by atoms with E-state index in [9.17, 15) is 4.79 Å². The molecule has 1 atom stereocenters. The summed E-state index contributed by atoms with van der Waals surface area (Å²) in [5, 5.41) is 3.31. The summed E-state index contributed by atoms with van der Waals surface area (Å²) in [6.45, 7) is 5.80. The molecule has 1 saturated heterocycles. The highest BCUT2D eigenvalue weighted by molar-refractivity contribution is 9.11. The Morgan fingerprint density at radius 3 is 2.58 bits per heavy atom. The van der Waals surface area contributed by atoms with Gasteiger partial charge < -0.3 is 10.2 Å². The zero-order chi connectivity index (χ0) is 14.0. The molecule has 3 nitrogen and oxygen atoms in total. The molecule has 0 radical (unpaired) electrons. The predicted molar refractivity (Wildman–Crippen MR) is 85.6 cm³/mol. The maximum absolute atomic E-state index is 12.4. The number of rotatable bonds is 4. The number of carbonyl (C=O) groups is 1. The third-order valence-electron chi connectivity index (χ3n) is 3.28. The first kappa shape index (κ1) is 15.0. The lowest BCUT2D eigenvalue weighted by atomic mass is 10.2. The zero-order valence-electron chi connectivity index (χ0n) is 11.2. The first-order valence-electron chi connectivity index (χ1n) is 6.55. The molecular weight excluding hydrogens is 372 g/mol. The van der Waals surface area contributed by atoms with E-state index in [-0.39, 0.29) is 11.9 Å². The smallest absolute Gasteiger partial charge is 0.244 e. The minimum atomic E-state index is -0.0416. The van der Waals surface area contributed by atoms with Crippen LogP contribution in [0.1, 0.15) is 25.3 Å². The predicted octanol–water partition coefficient (Wildman–Crippen LogP) is 3.62. The van der Waals surface area contributed by atoms with Gasteiger partial charge in [0.05, 0.1) is 11.7 Å². The van der Waals surface area contributed by atoms with Crippen molar-refractivity contribution in [2.45, 2.75) is 32.7 Å². The molecule has 0 aliphatic carbocycles. The Kier molecular flexibility index (Phi) is 5.03. The summed E-state index contributed by atoms with van der Waals surface area (Å²) in [5.41, 5.74) is 2.10. The molecule has 1 amide bonds. The number of nitrogens with one attached hydrogen (secondary N) is 1. The summed E-state index contributed by atoms with van der Waals surface area (Å²) in [6.07, 6.45) is 1.91. The Balaban J connectivity index is 2.22. The van der Waals surface area contributed by atoms with Gasteiger partial charge in [-0.2, -0.15) is 0 Å². The van der Waals surface area contributed by atoms with Crippen molar-refractivity contribution >= 4 is 43.5 Å². The number of anilines is 1. The van der Waals surface area contributed by atoms with Crippen LogP contribution in [0.2, 0.25) is 0 Å². The summed E-state index contributed by atoms with van der Waals surface area (Å²) >= 11 is 7.13. The number of hydrogen-bond acceptors (Lipinski definition) is 2. The van der Waals surface area contributed by atoms with Gasteiger partial charge in [0.25, 0.3) is 0 Å². The van der Waals surface area contributed by atoms with Crippen LogP contribution in [0.5, 0.6) is 0 Å². The number of halogens is 2. The van der Waals surface area contributed by atoms with Gasteiger partial charge in [0.1, 0.15) is 0 Å². The van der Waals surface area contributed by atoms with Crippen LogP contribution in [0.15, 0.2) is 21.1 Å². The van der Waals surface area contributed by atoms with Gasteiger partial charge in [-0.15, -0.1) is 0 Å². The Hall–Kier alpha value is -0.390. The van der Waals surface area contributed by atoms with Gasteiger partial charge in [-0.25, -0.2) is 0 Å². The molecule has 1 heterocycles. The normalized spacial score (nSPS) is 19.3. The second-order valence-corrected chi connectivity index (χ2v) is 6.57. The molecule has 1 aromatic rings. The van der Waals surface area contributed by atoms with E-state index in [2.05, 4.69) is 44.1 Å². The molecule has 0 saturated carbocycles. The minimum Gasteiger partial charge on any atom is -0.309 e. The molecule has 1 aromatic carbocycles. The second-order valence-electron chi connectivity index (χ2n) is 4.86. The van der Waals surface area contributed by atoms with Crippen molar-refractivity contribution in [3.05, 3.63) is 26.6 Å². The molecule has 104 valence electrons. The van der Waals surface area contributed by atoms with Crippen molar-refractivity contribution in [1.29, 1.82) is 0 Å². The Morgan fingerprint density at radius 1 is 1.37 bits per heavy atom. The van der Waals surface area contributed by atoms with Crippen LogP contribution in [-0.2, 0) is 4.79 Å². The number of hydrogen-bond donors (Lipinski definition) is 1. The third kappa shape index (κ3) is 3.20. The molecule has 5 heteroatoms. The standard InChI is InChI=1S/C14H18Br2N2O/c1-3-5-17-12-4-6-18(14(12)19)13-10(15)7-9(2)8-11(13)16/h7-8,12,17H,3-6H2,1-2H3. The van der Waals surface area contributed by atoms with Crippen LogP contribution >= 0.6 is 31.9 Å².